The zero-order valence-electron chi connectivity index (χ0n) is 16.7. The first-order chi connectivity index (χ1) is 12.5. The molecule has 0 atom stereocenters. The summed E-state index contributed by atoms with van der Waals surface area (Å²) in [7, 11) is 0. The molecule has 27 heavy (non-hydrogen) atoms. The predicted molar refractivity (Wildman–Crippen MR) is 122 cm³/mol. The van der Waals surface area contributed by atoms with Crippen LogP contribution in [0, 0.1) is 0 Å². The van der Waals surface area contributed by atoms with Crippen molar-refractivity contribution in [2.24, 2.45) is 4.99 Å². The number of rotatable bonds is 7. The Morgan fingerprint density at radius 1 is 1.26 bits per heavy atom. The molecular weight excluding hydrogens is 477 g/mol. The highest BCUT2D eigenvalue weighted by atomic mass is 127. The maximum atomic E-state index is 11.8. The van der Waals surface area contributed by atoms with Crippen molar-refractivity contribution in [2.45, 2.75) is 46.6 Å². The Labute approximate surface area is 183 Å². The number of anilines is 1. The summed E-state index contributed by atoms with van der Waals surface area (Å²) in [6, 6.07) is 0.168. The van der Waals surface area contributed by atoms with E-state index in [1.165, 1.54) is 11.5 Å². The number of aryl methyl sites for hydroxylation is 1. The highest BCUT2D eigenvalue weighted by molar-refractivity contribution is 14.0. The first-order valence-corrected chi connectivity index (χ1v) is 10.2. The lowest BCUT2D eigenvalue weighted by molar-refractivity contribution is -0.121. The molecule has 1 aliphatic heterocycles. The van der Waals surface area contributed by atoms with Crippen molar-refractivity contribution in [3.63, 3.8) is 0 Å². The molecule has 0 aliphatic carbocycles. The average Bonchev–Trinajstić information content (AvgIpc) is 3.10. The smallest absolute Gasteiger partial charge is 0.222 e. The number of nitrogens with zero attached hydrogens (tertiary/aromatic N) is 5. The quantitative estimate of drug-likeness (QED) is 0.331. The van der Waals surface area contributed by atoms with Gasteiger partial charge in [0.25, 0.3) is 0 Å². The number of carbonyl (C=O) groups is 1. The van der Waals surface area contributed by atoms with Crippen molar-refractivity contribution in [3.8, 4) is 0 Å². The summed E-state index contributed by atoms with van der Waals surface area (Å²) in [5.74, 6) is 1.85. The molecular formula is C17H32IN7OS. The molecule has 2 rings (SSSR count). The van der Waals surface area contributed by atoms with E-state index in [0.29, 0.717) is 13.0 Å². The fourth-order valence-electron chi connectivity index (χ4n) is 2.71. The molecule has 8 nitrogen and oxygen atoms in total. The van der Waals surface area contributed by atoms with Gasteiger partial charge in [0.1, 0.15) is 5.82 Å². The molecule has 10 heteroatoms. The third kappa shape index (κ3) is 7.76. The van der Waals surface area contributed by atoms with Crippen LogP contribution < -0.4 is 15.5 Å². The highest BCUT2D eigenvalue weighted by Crippen LogP contribution is 2.19. The number of hydrogen-bond acceptors (Lipinski definition) is 6. The molecule has 1 saturated heterocycles. The van der Waals surface area contributed by atoms with Gasteiger partial charge < -0.3 is 20.4 Å². The molecule has 0 spiro atoms. The second kappa shape index (κ2) is 12.3. The average molecular weight is 509 g/mol. The van der Waals surface area contributed by atoms with Crippen molar-refractivity contribution in [3.05, 3.63) is 5.82 Å². The van der Waals surface area contributed by atoms with Crippen molar-refractivity contribution < 1.29 is 4.79 Å². The van der Waals surface area contributed by atoms with E-state index in [-0.39, 0.29) is 35.9 Å². The molecule has 1 aliphatic rings. The minimum Gasteiger partial charge on any atom is -0.357 e. The Morgan fingerprint density at radius 3 is 2.52 bits per heavy atom. The van der Waals surface area contributed by atoms with Crippen LogP contribution in [0.15, 0.2) is 4.99 Å². The second-order valence-electron chi connectivity index (χ2n) is 6.53. The number of aliphatic imine (C=N–C) groups is 1. The maximum Gasteiger partial charge on any atom is 0.222 e. The Morgan fingerprint density at radius 2 is 1.96 bits per heavy atom. The fraction of sp³-hybridized carbons (Fsp3) is 0.765. The van der Waals surface area contributed by atoms with Crippen LogP contribution in [0.1, 0.15) is 39.9 Å². The summed E-state index contributed by atoms with van der Waals surface area (Å²) in [4.78, 5) is 25.5. The van der Waals surface area contributed by atoms with E-state index in [1.807, 2.05) is 13.8 Å². The van der Waals surface area contributed by atoms with E-state index in [1.54, 1.807) is 0 Å². The number of aromatic nitrogens is 2. The number of hydrogen-bond donors (Lipinski definition) is 2. The van der Waals surface area contributed by atoms with Gasteiger partial charge in [0.15, 0.2) is 5.96 Å². The van der Waals surface area contributed by atoms with Crippen LogP contribution in [0.3, 0.4) is 0 Å². The van der Waals surface area contributed by atoms with Gasteiger partial charge in [-0.05, 0) is 20.8 Å². The number of carbonyl (C=O) groups excluding carboxylic acids is 1. The summed E-state index contributed by atoms with van der Waals surface area (Å²) >= 11 is 1.48. The van der Waals surface area contributed by atoms with Crippen molar-refractivity contribution in [1.82, 2.24) is 24.9 Å². The van der Waals surface area contributed by atoms with Crippen molar-refractivity contribution in [2.75, 3.05) is 44.2 Å². The van der Waals surface area contributed by atoms with Crippen LogP contribution in [0.25, 0.3) is 0 Å². The minimum absolute atomic E-state index is 0. The molecule has 0 unspecified atom stereocenters. The fourth-order valence-corrected chi connectivity index (χ4v) is 3.51. The lowest BCUT2D eigenvalue weighted by atomic mass is 10.3. The van der Waals surface area contributed by atoms with Crippen LogP contribution in [-0.4, -0.2) is 71.4 Å². The van der Waals surface area contributed by atoms with Gasteiger partial charge in [-0.3, -0.25) is 9.79 Å². The Balaban J connectivity index is 0.00000364. The number of guanidine groups is 1. The van der Waals surface area contributed by atoms with Gasteiger partial charge in [0.2, 0.25) is 11.0 Å². The number of piperazine rings is 1. The molecule has 0 radical (unpaired) electrons. The van der Waals surface area contributed by atoms with Gasteiger partial charge in [-0.25, -0.2) is 4.98 Å². The third-order valence-electron chi connectivity index (χ3n) is 4.01. The molecule has 1 aromatic rings. The highest BCUT2D eigenvalue weighted by Gasteiger charge is 2.22. The zero-order valence-corrected chi connectivity index (χ0v) is 19.8. The van der Waals surface area contributed by atoms with E-state index in [9.17, 15) is 4.79 Å². The van der Waals surface area contributed by atoms with Crippen LogP contribution in [-0.2, 0) is 11.2 Å². The molecule has 1 fully saturated rings. The lowest BCUT2D eigenvalue weighted by Crippen LogP contribution is -2.52. The van der Waals surface area contributed by atoms with E-state index in [2.05, 4.69) is 48.6 Å². The van der Waals surface area contributed by atoms with Gasteiger partial charge in [0, 0.05) is 63.1 Å². The van der Waals surface area contributed by atoms with Crippen molar-refractivity contribution >= 4 is 52.5 Å². The van der Waals surface area contributed by atoms with E-state index >= 15 is 0 Å². The third-order valence-corrected chi connectivity index (χ3v) is 4.82. The summed E-state index contributed by atoms with van der Waals surface area (Å²) < 4.78 is 4.37. The molecule has 1 aromatic heterocycles. The van der Waals surface area contributed by atoms with Gasteiger partial charge in [0.05, 0.1) is 6.54 Å². The normalized spacial score (nSPS) is 14.9. The number of halogens is 1. The van der Waals surface area contributed by atoms with Crippen LogP contribution >= 0.6 is 35.5 Å². The molecule has 0 saturated carbocycles. The monoisotopic (exact) mass is 509 g/mol. The van der Waals surface area contributed by atoms with E-state index < -0.39 is 0 Å². The number of amides is 1. The lowest BCUT2D eigenvalue weighted by Gasteiger charge is -2.36. The van der Waals surface area contributed by atoms with Crippen LogP contribution in [0.4, 0.5) is 5.13 Å². The summed E-state index contributed by atoms with van der Waals surface area (Å²) in [6.07, 6.45) is 1.29. The Bertz CT molecular complexity index is 600. The largest absolute Gasteiger partial charge is 0.357 e. The SMILES string of the molecule is CCNC(=NCCC(=O)NC(C)C)N1CCN(c2nc(CC)ns2)CC1.I. The summed E-state index contributed by atoms with van der Waals surface area (Å²) in [5.41, 5.74) is 0. The summed E-state index contributed by atoms with van der Waals surface area (Å²) in [6.45, 7) is 12.9. The molecule has 2 heterocycles. The van der Waals surface area contributed by atoms with Gasteiger partial charge in [-0.15, -0.1) is 24.0 Å². The molecule has 0 aromatic carbocycles. The predicted octanol–water partition coefficient (Wildman–Crippen LogP) is 1.72. The maximum absolute atomic E-state index is 11.8. The Hall–Kier alpha value is -1.17. The first-order valence-electron chi connectivity index (χ1n) is 9.43. The van der Waals surface area contributed by atoms with Crippen molar-refractivity contribution in [1.29, 1.82) is 0 Å². The zero-order chi connectivity index (χ0) is 18.9. The molecule has 154 valence electrons. The minimum atomic E-state index is 0. The topological polar surface area (TPSA) is 85.8 Å². The first kappa shape index (κ1) is 23.9. The van der Waals surface area contributed by atoms with Gasteiger partial charge in [-0.2, -0.15) is 4.37 Å². The summed E-state index contributed by atoms with van der Waals surface area (Å²) in [5, 5.41) is 7.24. The molecule has 2 N–H and O–H groups in total. The standard InChI is InChI=1S/C17H31N7OS.HI/c1-5-14-21-17(26-22-14)24-11-9-23(10-12-24)16(18-6-2)19-8-7-15(25)20-13(3)4;/h13H,5-12H2,1-4H3,(H,18,19)(H,20,25);1H. The Kier molecular flexibility index (Phi) is 10.9. The number of nitrogens with one attached hydrogen (secondary N) is 2. The van der Waals surface area contributed by atoms with Crippen LogP contribution in [0.5, 0.6) is 0 Å². The van der Waals surface area contributed by atoms with E-state index in [0.717, 1.165) is 56.1 Å². The van der Waals surface area contributed by atoms with Gasteiger partial charge >= 0.3 is 0 Å². The van der Waals surface area contributed by atoms with E-state index in [4.69, 9.17) is 0 Å². The van der Waals surface area contributed by atoms with Crippen LogP contribution in [0.2, 0.25) is 0 Å². The molecule has 0 bridgehead atoms. The van der Waals surface area contributed by atoms with Gasteiger partial charge in [-0.1, -0.05) is 6.92 Å². The second-order valence-corrected chi connectivity index (χ2v) is 7.26. The molecule has 1 amide bonds.